The first-order chi connectivity index (χ1) is 8.91. The van der Waals surface area contributed by atoms with E-state index in [9.17, 15) is 5.11 Å². The highest BCUT2D eigenvalue weighted by atomic mass is 16.3. The summed E-state index contributed by atoms with van der Waals surface area (Å²) >= 11 is 0. The molecule has 2 heterocycles. The summed E-state index contributed by atoms with van der Waals surface area (Å²) in [6.07, 6.45) is 3.43. The summed E-state index contributed by atoms with van der Waals surface area (Å²) in [6.45, 7) is 11.1. The van der Waals surface area contributed by atoms with Crippen LogP contribution in [0.4, 0.5) is 5.69 Å². The molecule has 1 N–H and O–H groups in total. The summed E-state index contributed by atoms with van der Waals surface area (Å²) < 4.78 is 0. The van der Waals surface area contributed by atoms with Crippen LogP contribution in [0.3, 0.4) is 0 Å². The first-order valence-corrected chi connectivity index (χ1v) is 7.30. The molecule has 2 atom stereocenters. The highest BCUT2D eigenvalue weighted by molar-refractivity contribution is 5.45. The van der Waals surface area contributed by atoms with Crippen LogP contribution >= 0.6 is 0 Å². The van der Waals surface area contributed by atoms with E-state index in [0.717, 1.165) is 24.7 Å². The van der Waals surface area contributed by atoms with Gasteiger partial charge in [0.05, 0.1) is 23.7 Å². The maximum Gasteiger partial charge on any atom is 0.0957 e. The van der Waals surface area contributed by atoms with Gasteiger partial charge in [-0.3, -0.25) is 4.98 Å². The Morgan fingerprint density at radius 3 is 2.63 bits per heavy atom. The van der Waals surface area contributed by atoms with Crippen molar-refractivity contribution in [2.75, 3.05) is 18.0 Å². The van der Waals surface area contributed by atoms with Gasteiger partial charge in [-0.1, -0.05) is 27.7 Å². The predicted molar refractivity (Wildman–Crippen MR) is 79.3 cm³/mol. The van der Waals surface area contributed by atoms with E-state index in [1.165, 1.54) is 12.1 Å². The van der Waals surface area contributed by atoms with Crippen molar-refractivity contribution < 1.29 is 5.11 Å². The number of rotatable bonds is 3. The van der Waals surface area contributed by atoms with Crippen molar-refractivity contribution in [3.05, 3.63) is 24.0 Å². The van der Waals surface area contributed by atoms with E-state index in [-0.39, 0.29) is 0 Å². The Bertz CT molecular complexity index is 408. The predicted octanol–water partition coefficient (Wildman–Crippen LogP) is 3.40. The molecule has 1 unspecified atom stereocenters. The van der Waals surface area contributed by atoms with E-state index in [1.54, 1.807) is 0 Å². The molecular formula is C16H26N2O. The summed E-state index contributed by atoms with van der Waals surface area (Å²) in [6, 6.07) is 4.04. The summed E-state index contributed by atoms with van der Waals surface area (Å²) in [5.74, 6) is 0.744. The number of nitrogens with zero attached hydrogens (tertiary/aromatic N) is 2. The third-order valence-corrected chi connectivity index (χ3v) is 4.28. The van der Waals surface area contributed by atoms with Crippen LogP contribution in [0.2, 0.25) is 0 Å². The summed E-state index contributed by atoms with van der Waals surface area (Å²) in [5.41, 5.74) is 2.33. The van der Waals surface area contributed by atoms with Gasteiger partial charge in [0, 0.05) is 13.1 Å². The topological polar surface area (TPSA) is 36.4 Å². The van der Waals surface area contributed by atoms with Crippen molar-refractivity contribution in [3.8, 4) is 0 Å². The third-order valence-electron chi connectivity index (χ3n) is 4.28. The molecule has 3 heteroatoms. The van der Waals surface area contributed by atoms with Gasteiger partial charge in [0.15, 0.2) is 0 Å². The minimum Gasteiger partial charge on any atom is -0.387 e. The van der Waals surface area contributed by atoms with Crippen LogP contribution < -0.4 is 4.90 Å². The Kier molecular flexibility index (Phi) is 4.14. The van der Waals surface area contributed by atoms with Crippen LogP contribution in [0.5, 0.6) is 0 Å². The van der Waals surface area contributed by atoms with E-state index >= 15 is 0 Å². The Labute approximate surface area is 116 Å². The maximum atomic E-state index is 9.76. The molecular weight excluding hydrogens is 236 g/mol. The lowest BCUT2D eigenvalue weighted by molar-refractivity contribution is 0.169. The fraction of sp³-hybridized carbons (Fsp3) is 0.688. The monoisotopic (exact) mass is 262 g/mol. The number of aliphatic hydroxyl groups excluding tert-OH is 1. The van der Waals surface area contributed by atoms with E-state index in [0.29, 0.717) is 11.8 Å². The lowest BCUT2D eigenvalue weighted by Crippen LogP contribution is -2.25. The molecule has 1 fully saturated rings. The first kappa shape index (κ1) is 14.3. The van der Waals surface area contributed by atoms with E-state index < -0.39 is 6.10 Å². The number of aromatic nitrogens is 1. The maximum absolute atomic E-state index is 9.76. The lowest BCUT2D eigenvalue weighted by Gasteiger charge is -2.27. The Morgan fingerprint density at radius 1 is 1.42 bits per heavy atom. The van der Waals surface area contributed by atoms with Crippen molar-refractivity contribution in [1.82, 2.24) is 4.98 Å². The second kappa shape index (κ2) is 5.49. The Morgan fingerprint density at radius 2 is 2.16 bits per heavy atom. The van der Waals surface area contributed by atoms with Crippen LogP contribution in [0.25, 0.3) is 0 Å². The zero-order valence-corrected chi connectivity index (χ0v) is 12.6. The minimum absolute atomic E-state index is 0.376. The summed E-state index contributed by atoms with van der Waals surface area (Å²) in [7, 11) is 0. The van der Waals surface area contributed by atoms with Crippen molar-refractivity contribution in [2.24, 2.45) is 11.3 Å². The van der Waals surface area contributed by atoms with Crippen molar-refractivity contribution in [3.63, 3.8) is 0 Å². The number of hydrogen-bond donors (Lipinski definition) is 1. The molecule has 19 heavy (non-hydrogen) atoms. The second-order valence-corrected chi connectivity index (χ2v) is 6.66. The molecule has 2 rings (SSSR count). The quantitative estimate of drug-likeness (QED) is 0.907. The molecule has 1 aromatic rings. The molecule has 0 spiro atoms. The molecule has 1 aliphatic rings. The summed E-state index contributed by atoms with van der Waals surface area (Å²) in [4.78, 5) is 6.80. The molecule has 1 saturated heterocycles. The van der Waals surface area contributed by atoms with Gasteiger partial charge in [-0.05, 0) is 36.3 Å². The smallest absolute Gasteiger partial charge is 0.0957 e. The van der Waals surface area contributed by atoms with Crippen LogP contribution in [0.1, 0.15) is 52.3 Å². The van der Waals surface area contributed by atoms with Gasteiger partial charge < -0.3 is 10.0 Å². The zero-order chi connectivity index (χ0) is 14.0. The van der Waals surface area contributed by atoms with Crippen molar-refractivity contribution in [1.29, 1.82) is 0 Å². The standard InChI is InChI=1S/C16H26N2O/c1-5-15(19)14-7-6-13(10-17-14)18-9-8-12(11-18)16(2,3)4/h6-7,10,12,15,19H,5,8-9,11H2,1-4H3/t12?,15-/m0/s1. The average Bonchev–Trinajstić information content (AvgIpc) is 2.87. The molecule has 0 amide bonds. The first-order valence-electron chi connectivity index (χ1n) is 7.30. The molecule has 1 aromatic heterocycles. The fourth-order valence-electron chi connectivity index (χ4n) is 2.69. The van der Waals surface area contributed by atoms with Gasteiger partial charge in [0.2, 0.25) is 0 Å². The molecule has 0 saturated carbocycles. The molecule has 0 aromatic carbocycles. The highest BCUT2D eigenvalue weighted by Gasteiger charge is 2.31. The normalized spacial score (nSPS) is 21.7. The average molecular weight is 262 g/mol. The molecule has 0 radical (unpaired) electrons. The number of hydrogen-bond acceptors (Lipinski definition) is 3. The molecule has 0 aliphatic carbocycles. The number of anilines is 1. The number of pyridine rings is 1. The lowest BCUT2D eigenvalue weighted by atomic mass is 9.80. The van der Waals surface area contributed by atoms with Gasteiger partial charge in [0.1, 0.15) is 0 Å². The highest BCUT2D eigenvalue weighted by Crippen LogP contribution is 2.35. The van der Waals surface area contributed by atoms with Crippen LogP contribution in [-0.2, 0) is 0 Å². The number of aliphatic hydroxyl groups is 1. The molecule has 1 aliphatic heterocycles. The second-order valence-electron chi connectivity index (χ2n) is 6.66. The van der Waals surface area contributed by atoms with Gasteiger partial charge in [-0.15, -0.1) is 0 Å². The van der Waals surface area contributed by atoms with Crippen molar-refractivity contribution in [2.45, 2.75) is 46.6 Å². The molecule has 106 valence electrons. The van der Waals surface area contributed by atoms with Gasteiger partial charge in [-0.2, -0.15) is 0 Å². The van der Waals surface area contributed by atoms with Crippen LogP contribution in [0.15, 0.2) is 18.3 Å². The van der Waals surface area contributed by atoms with Crippen molar-refractivity contribution >= 4 is 5.69 Å². The van der Waals surface area contributed by atoms with E-state index in [4.69, 9.17) is 0 Å². The summed E-state index contributed by atoms with van der Waals surface area (Å²) in [5, 5.41) is 9.76. The Balaban J connectivity index is 2.04. The SMILES string of the molecule is CC[C@H](O)c1ccc(N2CCC(C(C)(C)C)C2)cn1. The largest absolute Gasteiger partial charge is 0.387 e. The van der Waals surface area contributed by atoms with Crippen LogP contribution in [0, 0.1) is 11.3 Å². The third kappa shape index (κ3) is 3.27. The van der Waals surface area contributed by atoms with E-state index in [2.05, 4.69) is 36.7 Å². The van der Waals surface area contributed by atoms with Crippen LogP contribution in [-0.4, -0.2) is 23.2 Å². The van der Waals surface area contributed by atoms with E-state index in [1.807, 2.05) is 19.2 Å². The zero-order valence-electron chi connectivity index (χ0n) is 12.6. The van der Waals surface area contributed by atoms with Gasteiger partial charge >= 0.3 is 0 Å². The minimum atomic E-state index is -0.435. The van der Waals surface area contributed by atoms with Gasteiger partial charge in [-0.25, -0.2) is 0 Å². The Hall–Kier alpha value is -1.09. The molecule has 0 bridgehead atoms. The fourth-order valence-corrected chi connectivity index (χ4v) is 2.69. The van der Waals surface area contributed by atoms with Gasteiger partial charge in [0.25, 0.3) is 0 Å². The molecule has 3 nitrogen and oxygen atoms in total.